The minimum absolute atomic E-state index is 0.0685. The van der Waals surface area contributed by atoms with Gasteiger partial charge in [-0.15, -0.1) is 0 Å². The Balaban J connectivity index is 1.31. The lowest BCUT2D eigenvalue weighted by Gasteiger charge is -2.08. The molecule has 0 bridgehead atoms. The summed E-state index contributed by atoms with van der Waals surface area (Å²) in [5.41, 5.74) is 1.66. The third-order valence-electron chi connectivity index (χ3n) is 4.74. The summed E-state index contributed by atoms with van der Waals surface area (Å²) in [7, 11) is 1.59. The second-order valence-electron chi connectivity index (χ2n) is 6.98. The number of benzene rings is 3. The fourth-order valence-corrected chi connectivity index (χ4v) is 2.95. The number of nitrogens with one attached hydrogen (secondary N) is 1. The Morgan fingerprint density at radius 1 is 0.970 bits per heavy atom. The standard InChI is InChI=1S/C24H19F2N3O4/c1-31-19-8-3-15(4-9-19)23-28-24(33-29-23)16-5-10-20(11-6-16)32-14-22(30)27-13-17-2-7-18(25)12-21(17)26/h2-12H,13-14H2,1H3,(H,27,30). The molecule has 0 aliphatic carbocycles. The summed E-state index contributed by atoms with van der Waals surface area (Å²) in [6.45, 7) is -0.328. The minimum Gasteiger partial charge on any atom is -0.497 e. The highest BCUT2D eigenvalue weighted by atomic mass is 19.1. The molecule has 0 atom stereocenters. The Kier molecular flexibility index (Phi) is 6.58. The lowest BCUT2D eigenvalue weighted by atomic mass is 10.2. The first-order valence-corrected chi connectivity index (χ1v) is 9.94. The molecule has 3 aromatic carbocycles. The van der Waals surface area contributed by atoms with Gasteiger partial charge in [-0.2, -0.15) is 4.98 Å². The normalized spacial score (nSPS) is 10.6. The molecule has 4 aromatic rings. The number of hydrogen-bond acceptors (Lipinski definition) is 6. The number of aromatic nitrogens is 2. The Hall–Kier alpha value is -4.27. The van der Waals surface area contributed by atoms with Crippen molar-refractivity contribution in [3.63, 3.8) is 0 Å². The predicted molar refractivity (Wildman–Crippen MR) is 115 cm³/mol. The molecule has 1 N–H and O–H groups in total. The molecule has 0 aliphatic rings. The maximum Gasteiger partial charge on any atom is 0.258 e. The first-order valence-electron chi connectivity index (χ1n) is 9.94. The third-order valence-corrected chi connectivity index (χ3v) is 4.74. The molecule has 1 heterocycles. The second-order valence-corrected chi connectivity index (χ2v) is 6.98. The molecule has 33 heavy (non-hydrogen) atoms. The summed E-state index contributed by atoms with van der Waals surface area (Å²) in [4.78, 5) is 16.4. The number of rotatable bonds is 8. The van der Waals surface area contributed by atoms with Crippen molar-refractivity contribution in [1.82, 2.24) is 15.5 Å². The molecule has 0 saturated heterocycles. The van der Waals surface area contributed by atoms with E-state index in [0.717, 1.165) is 23.4 Å². The van der Waals surface area contributed by atoms with Gasteiger partial charge in [0.1, 0.15) is 23.1 Å². The zero-order valence-corrected chi connectivity index (χ0v) is 17.5. The van der Waals surface area contributed by atoms with Gasteiger partial charge in [0.15, 0.2) is 6.61 Å². The number of hydrogen-bond donors (Lipinski definition) is 1. The van der Waals surface area contributed by atoms with Gasteiger partial charge in [-0.1, -0.05) is 11.2 Å². The summed E-state index contributed by atoms with van der Waals surface area (Å²) in [5, 5.41) is 6.52. The average Bonchev–Trinajstić information content (AvgIpc) is 3.33. The van der Waals surface area contributed by atoms with Crippen LogP contribution >= 0.6 is 0 Å². The first-order chi connectivity index (χ1) is 16.0. The third kappa shape index (κ3) is 5.51. The smallest absolute Gasteiger partial charge is 0.258 e. The summed E-state index contributed by atoms with van der Waals surface area (Å²) >= 11 is 0. The van der Waals surface area contributed by atoms with E-state index in [2.05, 4.69) is 15.5 Å². The highest BCUT2D eigenvalue weighted by Crippen LogP contribution is 2.25. The van der Waals surface area contributed by atoms with Crippen LogP contribution in [0.1, 0.15) is 5.56 Å². The van der Waals surface area contributed by atoms with Gasteiger partial charge < -0.3 is 19.3 Å². The van der Waals surface area contributed by atoms with Crippen LogP contribution in [-0.2, 0) is 11.3 Å². The molecular weight excluding hydrogens is 432 g/mol. The molecule has 168 valence electrons. The monoisotopic (exact) mass is 451 g/mol. The van der Waals surface area contributed by atoms with E-state index in [1.807, 2.05) is 24.3 Å². The Labute approximate surface area is 188 Å². The number of halogens is 2. The zero-order valence-electron chi connectivity index (χ0n) is 17.5. The van der Waals surface area contributed by atoms with Crippen molar-refractivity contribution in [2.24, 2.45) is 0 Å². The van der Waals surface area contributed by atoms with Gasteiger partial charge in [0, 0.05) is 29.3 Å². The summed E-state index contributed by atoms with van der Waals surface area (Å²) < 4.78 is 42.5. The first kappa shape index (κ1) is 21.9. The van der Waals surface area contributed by atoms with E-state index in [1.165, 1.54) is 6.07 Å². The number of carbonyl (C=O) groups excluding carboxylic acids is 1. The van der Waals surface area contributed by atoms with Gasteiger partial charge in [0.25, 0.3) is 11.8 Å². The maximum atomic E-state index is 13.6. The Bertz CT molecular complexity index is 1240. The van der Waals surface area contributed by atoms with Gasteiger partial charge in [0.05, 0.1) is 7.11 Å². The van der Waals surface area contributed by atoms with E-state index < -0.39 is 17.5 Å². The van der Waals surface area contributed by atoms with Crippen LogP contribution in [0.5, 0.6) is 11.5 Å². The van der Waals surface area contributed by atoms with Crippen molar-refractivity contribution in [1.29, 1.82) is 0 Å². The summed E-state index contributed by atoms with van der Waals surface area (Å²) in [5.74, 6) is 0.137. The molecule has 0 unspecified atom stereocenters. The molecule has 0 saturated carbocycles. The average molecular weight is 451 g/mol. The van der Waals surface area contributed by atoms with Gasteiger partial charge in [-0.25, -0.2) is 8.78 Å². The molecule has 0 aliphatic heterocycles. The number of carbonyl (C=O) groups is 1. The van der Waals surface area contributed by atoms with Gasteiger partial charge in [-0.3, -0.25) is 4.79 Å². The molecule has 1 amide bonds. The SMILES string of the molecule is COc1ccc(-c2noc(-c3ccc(OCC(=O)NCc4ccc(F)cc4F)cc3)n2)cc1. The number of amides is 1. The van der Waals surface area contributed by atoms with Crippen LogP contribution in [0.3, 0.4) is 0 Å². The molecule has 0 fully saturated rings. The van der Waals surface area contributed by atoms with E-state index >= 15 is 0 Å². The van der Waals surface area contributed by atoms with Crippen molar-refractivity contribution >= 4 is 5.91 Å². The highest BCUT2D eigenvalue weighted by Gasteiger charge is 2.12. The van der Waals surface area contributed by atoms with Gasteiger partial charge >= 0.3 is 0 Å². The molecule has 1 aromatic heterocycles. The highest BCUT2D eigenvalue weighted by molar-refractivity contribution is 5.77. The second kappa shape index (κ2) is 9.90. The zero-order chi connectivity index (χ0) is 23.2. The fraction of sp³-hybridized carbons (Fsp3) is 0.125. The fourth-order valence-electron chi connectivity index (χ4n) is 2.95. The van der Waals surface area contributed by atoms with Crippen molar-refractivity contribution in [3.8, 4) is 34.3 Å². The molecule has 9 heteroatoms. The summed E-state index contributed by atoms with van der Waals surface area (Å²) in [6.07, 6.45) is 0. The van der Waals surface area contributed by atoms with Crippen LogP contribution < -0.4 is 14.8 Å². The minimum atomic E-state index is -0.719. The van der Waals surface area contributed by atoms with Gasteiger partial charge in [-0.05, 0) is 54.6 Å². The van der Waals surface area contributed by atoms with Crippen LogP contribution in [0.2, 0.25) is 0 Å². The van der Waals surface area contributed by atoms with Crippen molar-refractivity contribution in [3.05, 3.63) is 83.9 Å². The van der Waals surface area contributed by atoms with Crippen LogP contribution in [-0.4, -0.2) is 29.8 Å². The number of methoxy groups -OCH3 is 1. The largest absolute Gasteiger partial charge is 0.497 e. The van der Waals surface area contributed by atoms with Crippen molar-refractivity contribution in [2.45, 2.75) is 6.54 Å². The van der Waals surface area contributed by atoms with E-state index in [9.17, 15) is 13.6 Å². The molecule has 0 radical (unpaired) electrons. The topological polar surface area (TPSA) is 86.5 Å². The van der Waals surface area contributed by atoms with Crippen LogP contribution in [0, 0.1) is 11.6 Å². The quantitative estimate of drug-likeness (QED) is 0.428. The number of ether oxygens (including phenoxy) is 2. The molecule has 7 nitrogen and oxygen atoms in total. The number of nitrogens with zero attached hydrogens (tertiary/aromatic N) is 2. The van der Waals surface area contributed by atoms with E-state index in [0.29, 0.717) is 23.0 Å². The van der Waals surface area contributed by atoms with E-state index in [1.54, 1.807) is 31.4 Å². The Morgan fingerprint density at radius 3 is 2.36 bits per heavy atom. The lowest BCUT2D eigenvalue weighted by Crippen LogP contribution is -2.28. The van der Waals surface area contributed by atoms with Crippen LogP contribution in [0.4, 0.5) is 8.78 Å². The van der Waals surface area contributed by atoms with Crippen LogP contribution in [0.15, 0.2) is 71.3 Å². The molecular formula is C24H19F2N3O4. The molecule has 0 spiro atoms. The molecule has 4 rings (SSSR count). The predicted octanol–water partition coefficient (Wildman–Crippen LogP) is 4.39. The van der Waals surface area contributed by atoms with Crippen molar-refractivity contribution in [2.75, 3.05) is 13.7 Å². The van der Waals surface area contributed by atoms with Crippen LogP contribution in [0.25, 0.3) is 22.8 Å². The Morgan fingerprint density at radius 2 is 1.67 bits per heavy atom. The maximum absolute atomic E-state index is 13.6. The van der Waals surface area contributed by atoms with Crippen molar-refractivity contribution < 1.29 is 27.6 Å². The van der Waals surface area contributed by atoms with E-state index in [4.69, 9.17) is 14.0 Å². The van der Waals surface area contributed by atoms with E-state index in [-0.39, 0.29) is 18.7 Å². The van der Waals surface area contributed by atoms with Gasteiger partial charge in [0.2, 0.25) is 5.82 Å². The summed E-state index contributed by atoms with van der Waals surface area (Å²) in [6, 6.07) is 17.3. The lowest BCUT2D eigenvalue weighted by molar-refractivity contribution is -0.123.